The molecular weight excluding hydrogens is 302 g/mol. The summed E-state index contributed by atoms with van der Waals surface area (Å²) in [5.41, 5.74) is 3.57. The third-order valence-electron chi connectivity index (χ3n) is 3.64. The Bertz CT molecular complexity index is 851. The number of aliphatic hydroxyl groups is 1. The van der Waals surface area contributed by atoms with Gasteiger partial charge in [0.15, 0.2) is 0 Å². The maximum Gasteiger partial charge on any atom is 0.128 e. The predicted octanol–water partition coefficient (Wildman–Crippen LogP) is 3.14. The van der Waals surface area contributed by atoms with E-state index in [1.807, 2.05) is 48.5 Å². The molecule has 0 saturated heterocycles. The van der Waals surface area contributed by atoms with E-state index in [-0.39, 0.29) is 13.2 Å². The SMILES string of the molecule is N#CCn1cc(-c2cc(CO)ccc2OCc2ccccc2)cn1. The Labute approximate surface area is 140 Å². The molecule has 24 heavy (non-hydrogen) atoms. The van der Waals surface area contributed by atoms with Crippen LogP contribution in [0.25, 0.3) is 11.1 Å². The van der Waals surface area contributed by atoms with Crippen LogP contribution in [0.3, 0.4) is 0 Å². The molecule has 3 aromatic rings. The van der Waals surface area contributed by atoms with Crippen molar-refractivity contribution in [2.45, 2.75) is 19.8 Å². The number of ether oxygens (including phenoxy) is 1. The summed E-state index contributed by atoms with van der Waals surface area (Å²) in [6.45, 7) is 0.608. The van der Waals surface area contributed by atoms with Crippen molar-refractivity contribution in [3.8, 4) is 22.9 Å². The average molecular weight is 319 g/mol. The summed E-state index contributed by atoms with van der Waals surface area (Å²) >= 11 is 0. The maximum absolute atomic E-state index is 9.39. The molecule has 0 aliphatic rings. The minimum atomic E-state index is -0.0434. The first-order chi connectivity index (χ1) is 11.8. The second-order valence-electron chi connectivity index (χ2n) is 5.35. The van der Waals surface area contributed by atoms with Gasteiger partial charge in [0.05, 0.1) is 18.9 Å². The van der Waals surface area contributed by atoms with Crippen LogP contribution in [0.5, 0.6) is 5.75 Å². The zero-order valence-electron chi connectivity index (χ0n) is 13.1. The van der Waals surface area contributed by atoms with Crippen LogP contribution in [-0.2, 0) is 19.8 Å². The highest BCUT2D eigenvalue weighted by Gasteiger charge is 2.10. The molecule has 0 fully saturated rings. The molecule has 1 aromatic heterocycles. The molecule has 5 heteroatoms. The predicted molar refractivity (Wildman–Crippen MR) is 90.0 cm³/mol. The van der Waals surface area contributed by atoms with Gasteiger partial charge < -0.3 is 9.84 Å². The van der Waals surface area contributed by atoms with Crippen LogP contribution in [0.15, 0.2) is 60.9 Å². The Morgan fingerprint density at radius 3 is 2.71 bits per heavy atom. The van der Waals surface area contributed by atoms with Gasteiger partial charge in [-0.25, -0.2) is 0 Å². The third kappa shape index (κ3) is 3.62. The van der Waals surface area contributed by atoms with Crippen LogP contribution >= 0.6 is 0 Å². The molecule has 2 aromatic carbocycles. The summed E-state index contributed by atoms with van der Waals surface area (Å²) in [5.74, 6) is 0.715. The summed E-state index contributed by atoms with van der Waals surface area (Å²) in [5, 5.41) is 22.3. The van der Waals surface area contributed by atoms with Gasteiger partial charge in [0, 0.05) is 17.3 Å². The molecule has 0 aliphatic heterocycles. The number of nitriles is 1. The Morgan fingerprint density at radius 1 is 1.12 bits per heavy atom. The zero-order chi connectivity index (χ0) is 16.8. The Balaban J connectivity index is 1.89. The van der Waals surface area contributed by atoms with Crippen molar-refractivity contribution in [2.24, 2.45) is 0 Å². The fourth-order valence-corrected chi connectivity index (χ4v) is 2.42. The monoisotopic (exact) mass is 319 g/mol. The van der Waals surface area contributed by atoms with Gasteiger partial charge in [0.2, 0.25) is 0 Å². The van der Waals surface area contributed by atoms with Gasteiger partial charge in [-0.2, -0.15) is 10.4 Å². The van der Waals surface area contributed by atoms with Gasteiger partial charge in [-0.1, -0.05) is 36.4 Å². The third-order valence-corrected chi connectivity index (χ3v) is 3.64. The van der Waals surface area contributed by atoms with E-state index in [9.17, 15) is 5.11 Å². The highest BCUT2D eigenvalue weighted by molar-refractivity contribution is 5.70. The van der Waals surface area contributed by atoms with Crippen LogP contribution in [0.1, 0.15) is 11.1 Å². The van der Waals surface area contributed by atoms with E-state index in [1.165, 1.54) is 0 Å². The van der Waals surface area contributed by atoms with Crippen molar-refractivity contribution in [2.75, 3.05) is 0 Å². The number of hydrogen-bond donors (Lipinski definition) is 1. The van der Waals surface area contributed by atoms with Crippen LogP contribution < -0.4 is 4.74 Å². The fourth-order valence-electron chi connectivity index (χ4n) is 2.42. The van der Waals surface area contributed by atoms with Gasteiger partial charge in [-0.15, -0.1) is 0 Å². The topological polar surface area (TPSA) is 71.1 Å². The van der Waals surface area contributed by atoms with Crippen molar-refractivity contribution in [1.29, 1.82) is 5.26 Å². The number of rotatable bonds is 6. The van der Waals surface area contributed by atoms with E-state index < -0.39 is 0 Å². The lowest BCUT2D eigenvalue weighted by Crippen LogP contribution is -1.98. The molecule has 0 atom stereocenters. The number of aliphatic hydroxyl groups excluding tert-OH is 1. The summed E-state index contributed by atoms with van der Waals surface area (Å²) in [6.07, 6.45) is 3.50. The first-order valence-corrected chi connectivity index (χ1v) is 7.60. The molecule has 0 unspecified atom stereocenters. The quantitative estimate of drug-likeness (QED) is 0.757. The van der Waals surface area contributed by atoms with Gasteiger partial charge >= 0.3 is 0 Å². The molecule has 5 nitrogen and oxygen atoms in total. The molecule has 120 valence electrons. The first kappa shape index (κ1) is 15.8. The number of aromatic nitrogens is 2. The lowest BCUT2D eigenvalue weighted by molar-refractivity contribution is 0.281. The molecule has 0 saturated carbocycles. The Kier molecular flexibility index (Phi) is 4.90. The van der Waals surface area contributed by atoms with Crippen LogP contribution in [-0.4, -0.2) is 14.9 Å². The van der Waals surface area contributed by atoms with Crippen molar-refractivity contribution < 1.29 is 9.84 Å². The van der Waals surface area contributed by atoms with Crippen LogP contribution in [0, 0.1) is 11.3 Å². The normalized spacial score (nSPS) is 10.3. The van der Waals surface area contributed by atoms with E-state index in [2.05, 4.69) is 11.2 Å². The highest BCUT2D eigenvalue weighted by atomic mass is 16.5. The average Bonchev–Trinajstić information content (AvgIpc) is 3.09. The maximum atomic E-state index is 9.39. The van der Waals surface area contributed by atoms with E-state index in [1.54, 1.807) is 17.1 Å². The lowest BCUT2D eigenvalue weighted by Gasteiger charge is -2.12. The molecular formula is C19H17N3O2. The molecule has 0 radical (unpaired) electrons. The molecule has 1 heterocycles. The van der Waals surface area contributed by atoms with Crippen LogP contribution in [0.4, 0.5) is 0 Å². The second kappa shape index (κ2) is 7.44. The minimum Gasteiger partial charge on any atom is -0.488 e. The molecule has 1 N–H and O–H groups in total. The van der Waals surface area contributed by atoms with Gasteiger partial charge in [-0.3, -0.25) is 4.68 Å². The molecule has 0 bridgehead atoms. The summed E-state index contributed by atoms with van der Waals surface area (Å²) in [7, 11) is 0. The number of nitrogens with zero attached hydrogens (tertiary/aromatic N) is 3. The lowest BCUT2D eigenvalue weighted by atomic mass is 10.1. The zero-order valence-corrected chi connectivity index (χ0v) is 13.1. The van der Waals surface area contributed by atoms with E-state index in [4.69, 9.17) is 10.00 Å². The number of benzene rings is 2. The van der Waals surface area contributed by atoms with Gasteiger partial charge in [-0.05, 0) is 23.3 Å². The van der Waals surface area contributed by atoms with Crippen molar-refractivity contribution in [1.82, 2.24) is 9.78 Å². The fraction of sp³-hybridized carbons (Fsp3) is 0.158. The summed E-state index contributed by atoms with van der Waals surface area (Å²) in [6, 6.07) is 17.6. The minimum absolute atomic E-state index is 0.0434. The summed E-state index contributed by atoms with van der Waals surface area (Å²) < 4.78 is 7.53. The van der Waals surface area contributed by atoms with Gasteiger partial charge in [0.1, 0.15) is 18.9 Å². The molecule has 0 aliphatic carbocycles. The van der Waals surface area contributed by atoms with Gasteiger partial charge in [0.25, 0.3) is 0 Å². The molecule has 0 amide bonds. The molecule has 3 rings (SSSR count). The smallest absolute Gasteiger partial charge is 0.128 e. The van der Waals surface area contributed by atoms with Crippen molar-refractivity contribution in [3.05, 3.63) is 72.1 Å². The van der Waals surface area contributed by atoms with Crippen molar-refractivity contribution in [3.63, 3.8) is 0 Å². The van der Waals surface area contributed by atoms with E-state index >= 15 is 0 Å². The standard InChI is InChI=1S/C19H17N3O2/c20-8-9-22-12-17(11-21-22)18-10-16(13-23)6-7-19(18)24-14-15-4-2-1-3-5-15/h1-7,10-12,23H,9,13-14H2. The van der Waals surface area contributed by atoms with Crippen molar-refractivity contribution >= 4 is 0 Å². The van der Waals surface area contributed by atoms with E-state index in [0.717, 1.165) is 22.3 Å². The largest absolute Gasteiger partial charge is 0.488 e. The molecule has 0 spiro atoms. The number of hydrogen-bond acceptors (Lipinski definition) is 4. The van der Waals surface area contributed by atoms with E-state index in [0.29, 0.717) is 12.4 Å². The second-order valence-corrected chi connectivity index (χ2v) is 5.35. The Morgan fingerprint density at radius 2 is 1.96 bits per heavy atom. The Hall–Kier alpha value is -3.10. The highest BCUT2D eigenvalue weighted by Crippen LogP contribution is 2.31. The first-order valence-electron chi connectivity index (χ1n) is 7.60. The van der Waals surface area contributed by atoms with Crippen LogP contribution in [0.2, 0.25) is 0 Å². The summed E-state index contributed by atoms with van der Waals surface area (Å²) in [4.78, 5) is 0.